The van der Waals surface area contributed by atoms with Crippen LogP contribution in [0.5, 0.6) is 0 Å². The van der Waals surface area contributed by atoms with Crippen LogP contribution < -0.4 is 10.6 Å². The van der Waals surface area contributed by atoms with Gasteiger partial charge in [-0.2, -0.15) is 0 Å². The van der Waals surface area contributed by atoms with Crippen molar-refractivity contribution >= 4 is 41.0 Å². The lowest BCUT2D eigenvalue weighted by atomic mass is 10.1. The van der Waals surface area contributed by atoms with Gasteiger partial charge < -0.3 is 20.1 Å². The van der Waals surface area contributed by atoms with E-state index in [1.165, 1.54) is 32.2 Å². The van der Waals surface area contributed by atoms with Crippen molar-refractivity contribution in [2.75, 3.05) is 37.5 Å². The van der Waals surface area contributed by atoms with Crippen LogP contribution in [-0.4, -0.2) is 61.4 Å². The molecule has 0 atom stereocenters. The Hall–Kier alpha value is -4.05. The topological polar surface area (TPSA) is 131 Å². The fourth-order valence-electron chi connectivity index (χ4n) is 3.24. The maximum atomic E-state index is 12.6. The summed E-state index contributed by atoms with van der Waals surface area (Å²) < 4.78 is 9.98. The lowest BCUT2D eigenvalue weighted by molar-refractivity contribution is -0.119. The van der Waals surface area contributed by atoms with Crippen LogP contribution >= 0.6 is 0 Å². The van der Waals surface area contributed by atoms with Gasteiger partial charge in [0.25, 0.3) is 17.7 Å². The first-order chi connectivity index (χ1) is 15.8. The molecule has 0 saturated heterocycles. The molecule has 0 aliphatic carbocycles. The van der Waals surface area contributed by atoms with E-state index in [0.29, 0.717) is 24.4 Å². The number of benzene rings is 2. The first-order valence-electron chi connectivity index (χ1n) is 10.1. The first-order valence-corrected chi connectivity index (χ1v) is 10.1. The lowest BCUT2D eigenvalue weighted by Gasteiger charge is -2.12. The van der Waals surface area contributed by atoms with Gasteiger partial charge in [0, 0.05) is 38.6 Å². The van der Waals surface area contributed by atoms with Gasteiger partial charge in [0.15, 0.2) is 6.61 Å². The SMILES string of the molecule is COCCCN1C(=O)c2ccc(C(=O)OCC(=O)Nc3ccc(NC(C)=O)cc3)cc2C1=O. The summed E-state index contributed by atoms with van der Waals surface area (Å²) in [6.45, 7) is 1.47. The molecule has 1 aliphatic rings. The Balaban J connectivity index is 1.56. The van der Waals surface area contributed by atoms with E-state index in [9.17, 15) is 24.0 Å². The van der Waals surface area contributed by atoms with E-state index >= 15 is 0 Å². The molecule has 33 heavy (non-hydrogen) atoms. The van der Waals surface area contributed by atoms with Crippen molar-refractivity contribution in [1.82, 2.24) is 4.90 Å². The molecule has 0 unspecified atom stereocenters. The second-order valence-corrected chi connectivity index (χ2v) is 7.25. The quantitative estimate of drug-likeness (QED) is 0.338. The zero-order valence-electron chi connectivity index (χ0n) is 18.2. The minimum Gasteiger partial charge on any atom is -0.452 e. The maximum absolute atomic E-state index is 12.6. The Bertz CT molecular complexity index is 1100. The summed E-state index contributed by atoms with van der Waals surface area (Å²) in [5, 5.41) is 5.18. The highest BCUT2D eigenvalue weighted by atomic mass is 16.5. The van der Waals surface area contributed by atoms with Gasteiger partial charge in [0.1, 0.15) is 0 Å². The van der Waals surface area contributed by atoms with Crippen LogP contribution in [-0.2, 0) is 19.1 Å². The molecule has 0 bridgehead atoms. The predicted molar refractivity (Wildman–Crippen MR) is 118 cm³/mol. The van der Waals surface area contributed by atoms with E-state index in [1.807, 2.05) is 0 Å². The third-order valence-corrected chi connectivity index (χ3v) is 4.76. The number of methoxy groups -OCH3 is 1. The summed E-state index contributed by atoms with van der Waals surface area (Å²) in [6, 6.07) is 10.5. The van der Waals surface area contributed by atoms with Gasteiger partial charge in [0.2, 0.25) is 5.91 Å². The summed E-state index contributed by atoms with van der Waals surface area (Å²) in [7, 11) is 1.53. The molecule has 1 heterocycles. The minimum atomic E-state index is -0.799. The van der Waals surface area contributed by atoms with Crippen LogP contribution in [0.15, 0.2) is 42.5 Å². The molecule has 0 aromatic heterocycles. The van der Waals surface area contributed by atoms with Crippen LogP contribution in [0.25, 0.3) is 0 Å². The van der Waals surface area contributed by atoms with E-state index < -0.39 is 30.3 Å². The zero-order valence-corrected chi connectivity index (χ0v) is 18.2. The standard InChI is InChI=1S/C23H23N3O7/c1-14(27)24-16-5-7-17(8-6-16)25-20(28)13-33-23(31)15-4-9-18-19(12-15)22(30)26(21(18)29)10-3-11-32-2/h4-9,12H,3,10-11,13H2,1-2H3,(H,24,27)(H,25,28). The Kier molecular flexibility index (Phi) is 7.52. The highest BCUT2D eigenvalue weighted by molar-refractivity contribution is 6.22. The van der Waals surface area contributed by atoms with Gasteiger partial charge in [0.05, 0.1) is 16.7 Å². The largest absolute Gasteiger partial charge is 0.452 e. The first kappa shape index (κ1) is 23.6. The molecule has 172 valence electrons. The van der Waals surface area contributed by atoms with Gasteiger partial charge in [-0.3, -0.25) is 24.1 Å². The third kappa shape index (κ3) is 5.80. The molecular formula is C23H23N3O7. The van der Waals surface area contributed by atoms with Crippen LogP contribution in [0.2, 0.25) is 0 Å². The molecule has 0 fully saturated rings. The summed E-state index contributed by atoms with van der Waals surface area (Å²) >= 11 is 0. The monoisotopic (exact) mass is 453 g/mol. The average molecular weight is 453 g/mol. The van der Waals surface area contributed by atoms with Crippen molar-refractivity contribution in [2.24, 2.45) is 0 Å². The molecule has 1 aliphatic heterocycles. The highest BCUT2D eigenvalue weighted by Crippen LogP contribution is 2.24. The number of fused-ring (bicyclic) bond motifs is 1. The van der Waals surface area contributed by atoms with Crippen LogP contribution in [0.1, 0.15) is 44.4 Å². The number of nitrogens with zero attached hydrogens (tertiary/aromatic N) is 1. The number of amides is 4. The normalized spacial score (nSPS) is 12.4. The number of esters is 1. The number of carbonyl (C=O) groups is 5. The fourth-order valence-corrected chi connectivity index (χ4v) is 3.24. The molecule has 10 heteroatoms. The number of hydrogen-bond donors (Lipinski definition) is 2. The molecule has 0 radical (unpaired) electrons. The summed E-state index contributed by atoms with van der Waals surface area (Å²) in [6.07, 6.45) is 0.502. The van der Waals surface area contributed by atoms with E-state index in [0.717, 1.165) is 4.90 Å². The smallest absolute Gasteiger partial charge is 0.338 e. The zero-order chi connectivity index (χ0) is 24.0. The Morgan fingerprint density at radius 3 is 2.18 bits per heavy atom. The number of hydrogen-bond acceptors (Lipinski definition) is 7. The average Bonchev–Trinajstić information content (AvgIpc) is 3.03. The van der Waals surface area contributed by atoms with Crippen LogP contribution in [0, 0.1) is 0 Å². The Labute approximate surface area is 189 Å². The summed E-state index contributed by atoms with van der Waals surface area (Å²) in [5.74, 6) is -2.48. The summed E-state index contributed by atoms with van der Waals surface area (Å²) in [4.78, 5) is 61.6. The summed E-state index contributed by atoms with van der Waals surface area (Å²) in [5.41, 5.74) is 1.43. The van der Waals surface area contributed by atoms with Crippen LogP contribution in [0.3, 0.4) is 0 Å². The van der Waals surface area contributed by atoms with E-state index in [1.54, 1.807) is 24.3 Å². The van der Waals surface area contributed by atoms with E-state index in [4.69, 9.17) is 9.47 Å². The second kappa shape index (κ2) is 10.5. The van der Waals surface area contributed by atoms with Gasteiger partial charge >= 0.3 is 5.97 Å². The number of nitrogens with one attached hydrogen (secondary N) is 2. The minimum absolute atomic E-state index is 0.0566. The Morgan fingerprint density at radius 2 is 1.55 bits per heavy atom. The molecule has 0 spiro atoms. The second-order valence-electron chi connectivity index (χ2n) is 7.25. The van der Waals surface area contributed by atoms with E-state index in [-0.39, 0.29) is 29.1 Å². The lowest BCUT2D eigenvalue weighted by Crippen LogP contribution is -2.31. The molecule has 0 saturated carbocycles. The predicted octanol–water partition coefficient (Wildman–Crippen LogP) is 2.07. The Morgan fingerprint density at radius 1 is 0.909 bits per heavy atom. The van der Waals surface area contributed by atoms with Crippen molar-refractivity contribution in [1.29, 1.82) is 0 Å². The molecule has 2 aromatic carbocycles. The maximum Gasteiger partial charge on any atom is 0.338 e. The van der Waals surface area contributed by atoms with Crippen molar-refractivity contribution in [3.8, 4) is 0 Å². The van der Waals surface area contributed by atoms with Gasteiger partial charge in [-0.05, 0) is 48.9 Å². The van der Waals surface area contributed by atoms with Crippen LogP contribution in [0.4, 0.5) is 11.4 Å². The van der Waals surface area contributed by atoms with Crippen molar-refractivity contribution in [3.63, 3.8) is 0 Å². The van der Waals surface area contributed by atoms with Gasteiger partial charge in [-0.25, -0.2) is 4.79 Å². The number of ether oxygens (including phenoxy) is 2. The number of anilines is 2. The van der Waals surface area contributed by atoms with E-state index in [2.05, 4.69) is 10.6 Å². The fraction of sp³-hybridized carbons (Fsp3) is 0.261. The van der Waals surface area contributed by atoms with Gasteiger partial charge in [-0.15, -0.1) is 0 Å². The molecule has 2 N–H and O–H groups in total. The van der Waals surface area contributed by atoms with Crippen molar-refractivity contribution < 1.29 is 33.4 Å². The molecular weight excluding hydrogens is 430 g/mol. The highest BCUT2D eigenvalue weighted by Gasteiger charge is 2.35. The van der Waals surface area contributed by atoms with Crippen molar-refractivity contribution in [2.45, 2.75) is 13.3 Å². The molecule has 4 amide bonds. The van der Waals surface area contributed by atoms with Crippen molar-refractivity contribution in [3.05, 3.63) is 59.2 Å². The molecule has 10 nitrogen and oxygen atoms in total. The molecule has 3 rings (SSSR count). The van der Waals surface area contributed by atoms with Gasteiger partial charge in [-0.1, -0.05) is 0 Å². The number of carbonyl (C=O) groups excluding carboxylic acids is 5. The third-order valence-electron chi connectivity index (χ3n) is 4.76. The number of rotatable bonds is 9. The number of imide groups is 1. The molecule has 2 aromatic rings.